The molecule has 0 amide bonds. The summed E-state index contributed by atoms with van der Waals surface area (Å²) < 4.78 is 25.4. The van der Waals surface area contributed by atoms with Gasteiger partial charge in [-0.2, -0.15) is 4.52 Å². The van der Waals surface area contributed by atoms with Crippen LogP contribution in [0.25, 0.3) is 0 Å². The zero-order valence-corrected chi connectivity index (χ0v) is 18.1. The number of nitrogens with zero attached hydrogens (tertiary/aromatic N) is 3. The molecule has 0 aliphatic rings. The first-order chi connectivity index (χ1) is 15.0. The molecule has 0 saturated heterocycles. The van der Waals surface area contributed by atoms with Gasteiger partial charge in [0.2, 0.25) is 0 Å². The molecule has 5 heterocycles. The number of aryl methyl sites for hydroxylation is 1. The summed E-state index contributed by atoms with van der Waals surface area (Å²) in [7, 11) is -2.76. The summed E-state index contributed by atoms with van der Waals surface area (Å²) in [6.45, 7) is 5.43. The van der Waals surface area contributed by atoms with Crippen LogP contribution in [-0.4, -0.2) is 9.03 Å². The molecule has 0 spiro atoms. The minimum Gasteiger partial charge on any atom is -0.462 e. The Balaban J connectivity index is 1.82. The van der Waals surface area contributed by atoms with Gasteiger partial charge in [-0.15, -0.1) is 0 Å². The quantitative estimate of drug-likeness (QED) is 0.394. The summed E-state index contributed by atoms with van der Waals surface area (Å²) in [5.74, 6) is 0. The Bertz CT molecular complexity index is 1430. The first-order valence-corrected chi connectivity index (χ1v) is 11.5. The fourth-order valence-electron chi connectivity index (χ4n) is 3.92. The second-order valence-electron chi connectivity index (χ2n) is 7.30. The molecule has 5 aromatic heterocycles. The molecule has 31 heavy (non-hydrogen) atoms. The molecule has 0 bridgehead atoms. The summed E-state index contributed by atoms with van der Waals surface area (Å²) in [6, 6.07) is 10.9. The van der Waals surface area contributed by atoms with E-state index in [4.69, 9.17) is 18.0 Å². The second kappa shape index (κ2) is 7.03. The highest BCUT2D eigenvalue weighted by atomic mass is 31.2. The van der Waals surface area contributed by atoms with Gasteiger partial charge in [0.05, 0.1) is 31.0 Å². The summed E-state index contributed by atoms with van der Waals surface area (Å²) in [5.41, 5.74) is 3.64. The van der Waals surface area contributed by atoms with Crippen molar-refractivity contribution in [2.75, 3.05) is 0 Å². The average molecular weight is 437 g/mol. The highest BCUT2D eigenvalue weighted by Gasteiger charge is 2.36. The number of aromatic nitrogens is 2. The Hall–Kier alpha value is -3.51. The van der Waals surface area contributed by atoms with Gasteiger partial charge in [-0.05, 0) is 57.2 Å². The Morgan fingerprint density at radius 3 is 1.71 bits per heavy atom. The molecule has 0 aliphatic carbocycles. The van der Waals surface area contributed by atoms with E-state index in [0.29, 0.717) is 33.3 Å². The Labute approximate surface area is 176 Å². The molecule has 0 saturated carbocycles. The maximum Gasteiger partial charge on any atom is 0.277 e. The largest absolute Gasteiger partial charge is 0.462 e. The fourth-order valence-corrected chi connectivity index (χ4v) is 6.88. The van der Waals surface area contributed by atoms with Gasteiger partial charge >= 0.3 is 0 Å². The number of hydrogen-bond acceptors (Lipinski definition) is 6. The Morgan fingerprint density at radius 2 is 1.26 bits per heavy atom. The van der Waals surface area contributed by atoms with Gasteiger partial charge in [0.1, 0.15) is 0 Å². The standard InChI is InChI=1S/C22H20N3O5P/c1-14-16(3)24-17(15(2)22(27)25(24)21(14)26)13-23-31(18-7-4-10-28-18,19-8-5-11-29-19)20-9-6-12-30-20/h4-12H,13H2,1-3H3. The van der Waals surface area contributed by atoms with Gasteiger partial charge in [0.15, 0.2) is 23.6 Å². The Kier molecular flexibility index (Phi) is 4.41. The minimum absolute atomic E-state index is 0.169. The number of fused-ring (bicyclic) bond motifs is 1. The SMILES string of the molecule is Cc1c(C)n2c(CN=P(c3ccco3)(c3ccco3)c3ccco3)c(C)c(=O)n2c1=O. The predicted octanol–water partition coefficient (Wildman–Crippen LogP) is 2.58. The van der Waals surface area contributed by atoms with E-state index in [2.05, 4.69) is 0 Å². The third kappa shape index (κ3) is 2.65. The molecular formula is C22H20N3O5P. The predicted molar refractivity (Wildman–Crippen MR) is 117 cm³/mol. The van der Waals surface area contributed by atoms with E-state index in [1.54, 1.807) is 55.4 Å². The van der Waals surface area contributed by atoms with E-state index in [0.717, 1.165) is 5.69 Å². The molecule has 9 heteroatoms. The van der Waals surface area contributed by atoms with Crippen molar-refractivity contribution >= 4 is 23.6 Å². The smallest absolute Gasteiger partial charge is 0.277 e. The van der Waals surface area contributed by atoms with Crippen LogP contribution in [-0.2, 0) is 6.54 Å². The third-order valence-corrected chi connectivity index (χ3v) is 8.93. The molecule has 5 rings (SSSR count). The van der Waals surface area contributed by atoms with Crippen LogP contribution in [0, 0.1) is 20.8 Å². The molecule has 0 aromatic carbocycles. The van der Waals surface area contributed by atoms with Crippen LogP contribution in [0.5, 0.6) is 0 Å². The van der Waals surface area contributed by atoms with Crippen LogP contribution in [0.4, 0.5) is 0 Å². The van der Waals surface area contributed by atoms with E-state index < -0.39 is 7.05 Å². The first kappa shape index (κ1) is 19.5. The van der Waals surface area contributed by atoms with Crippen molar-refractivity contribution in [2.24, 2.45) is 4.74 Å². The molecule has 0 unspecified atom stereocenters. The lowest BCUT2D eigenvalue weighted by Gasteiger charge is -2.18. The normalized spacial score (nSPS) is 12.1. The summed E-state index contributed by atoms with van der Waals surface area (Å²) in [5, 5.41) is 0. The van der Waals surface area contributed by atoms with Crippen LogP contribution in [0.1, 0.15) is 22.5 Å². The summed E-state index contributed by atoms with van der Waals surface area (Å²) in [6.07, 6.45) is 4.77. The van der Waals surface area contributed by atoms with Gasteiger partial charge in [0, 0.05) is 16.8 Å². The minimum atomic E-state index is -2.76. The van der Waals surface area contributed by atoms with Gasteiger partial charge in [-0.1, -0.05) is 0 Å². The van der Waals surface area contributed by atoms with Crippen LogP contribution in [0.3, 0.4) is 0 Å². The van der Waals surface area contributed by atoms with Crippen molar-refractivity contribution in [3.8, 4) is 0 Å². The molecule has 0 aliphatic heterocycles. The topological polar surface area (TPSA) is 94.7 Å². The van der Waals surface area contributed by atoms with E-state index >= 15 is 0 Å². The molecule has 8 nitrogen and oxygen atoms in total. The highest BCUT2D eigenvalue weighted by Crippen LogP contribution is 2.47. The zero-order valence-electron chi connectivity index (χ0n) is 17.2. The number of rotatable bonds is 5. The molecular weight excluding hydrogens is 417 g/mol. The molecule has 0 atom stereocenters. The monoisotopic (exact) mass is 437 g/mol. The van der Waals surface area contributed by atoms with Crippen LogP contribution < -0.4 is 27.6 Å². The van der Waals surface area contributed by atoms with Crippen molar-refractivity contribution in [3.05, 3.63) is 98.4 Å². The van der Waals surface area contributed by atoms with Crippen molar-refractivity contribution in [2.45, 2.75) is 27.3 Å². The van der Waals surface area contributed by atoms with Gasteiger partial charge < -0.3 is 13.3 Å². The van der Waals surface area contributed by atoms with Gasteiger partial charge in [-0.25, -0.2) is 4.52 Å². The van der Waals surface area contributed by atoms with Crippen molar-refractivity contribution < 1.29 is 13.3 Å². The lowest BCUT2D eigenvalue weighted by molar-refractivity contribution is 0.582. The van der Waals surface area contributed by atoms with Gasteiger partial charge in [-0.3, -0.25) is 14.3 Å². The van der Waals surface area contributed by atoms with Crippen molar-refractivity contribution in [1.82, 2.24) is 9.03 Å². The molecule has 158 valence electrons. The zero-order chi connectivity index (χ0) is 21.8. The van der Waals surface area contributed by atoms with Crippen molar-refractivity contribution in [3.63, 3.8) is 0 Å². The summed E-state index contributed by atoms with van der Waals surface area (Å²) in [4.78, 5) is 25.4. The fraction of sp³-hybridized carbons (Fsp3) is 0.182. The van der Waals surface area contributed by atoms with Crippen molar-refractivity contribution in [1.29, 1.82) is 0 Å². The molecule has 0 N–H and O–H groups in total. The lowest BCUT2D eigenvalue weighted by Crippen LogP contribution is -2.23. The number of furan rings is 3. The maximum atomic E-state index is 12.8. The molecule has 5 aromatic rings. The number of hydrogen-bond donors (Lipinski definition) is 0. The Morgan fingerprint density at radius 1 is 0.774 bits per heavy atom. The molecule has 0 fully saturated rings. The van der Waals surface area contributed by atoms with Crippen LogP contribution in [0.2, 0.25) is 0 Å². The lowest BCUT2D eigenvalue weighted by atomic mass is 10.2. The van der Waals surface area contributed by atoms with E-state index in [1.807, 2.05) is 25.1 Å². The average Bonchev–Trinajstić information content (AvgIpc) is 3.58. The second-order valence-corrected chi connectivity index (χ2v) is 10.2. The maximum absolute atomic E-state index is 12.8. The van der Waals surface area contributed by atoms with E-state index in [9.17, 15) is 9.59 Å². The van der Waals surface area contributed by atoms with E-state index in [-0.39, 0.29) is 17.7 Å². The van der Waals surface area contributed by atoms with Gasteiger partial charge in [0.25, 0.3) is 11.1 Å². The molecule has 0 radical (unpaired) electrons. The van der Waals surface area contributed by atoms with E-state index in [1.165, 1.54) is 4.52 Å². The third-order valence-electron chi connectivity index (χ3n) is 5.68. The van der Waals surface area contributed by atoms with Crippen LogP contribution in [0.15, 0.2) is 82.8 Å². The first-order valence-electron chi connectivity index (χ1n) is 9.73. The van der Waals surface area contributed by atoms with Crippen LogP contribution >= 0.6 is 7.05 Å². The highest BCUT2D eigenvalue weighted by molar-refractivity contribution is 7.86. The summed E-state index contributed by atoms with van der Waals surface area (Å²) >= 11 is 0.